The number of halogens is 1. The van der Waals surface area contributed by atoms with Gasteiger partial charge in [0.05, 0.1) is 0 Å². The summed E-state index contributed by atoms with van der Waals surface area (Å²) in [6.07, 6.45) is 0. The molecule has 6 nitrogen and oxygen atoms in total. The molecule has 0 spiro atoms. The highest BCUT2D eigenvalue weighted by atomic mass is 35.5. The summed E-state index contributed by atoms with van der Waals surface area (Å²) in [5.41, 5.74) is 1.97. The lowest BCUT2D eigenvalue weighted by molar-refractivity contribution is 0.547. The molecule has 142 valence electrons. The van der Waals surface area contributed by atoms with Gasteiger partial charge in [-0.05, 0) is 56.3 Å². The van der Waals surface area contributed by atoms with E-state index in [0.29, 0.717) is 16.5 Å². The summed E-state index contributed by atoms with van der Waals surface area (Å²) >= 11 is 5.90. The molecule has 0 amide bonds. The normalized spacial score (nSPS) is 11.1. The van der Waals surface area contributed by atoms with Crippen molar-refractivity contribution in [3.63, 3.8) is 0 Å². The van der Waals surface area contributed by atoms with Crippen molar-refractivity contribution in [2.45, 2.75) is 13.8 Å². The molecule has 28 heavy (non-hydrogen) atoms. The Morgan fingerprint density at radius 2 is 1.64 bits per heavy atom. The quantitative estimate of drug-likeness (QED) is 0.442. The van der Waals surface area contributed by atoms with Crippen molar-refractivity contribution in [1.29, 1.82) is 0 Å². The Labute approximate surface area is 166 Å². The maximum atomic E-state index is 12.5. The highest BCUT2D eigenvalue weighted by Crippen LogP contribution is 2.27. The fourth-order valence-electron chi connectivity index (χ4n) is 3.08. The van der Waals surface area contributed by atoms with Crippen LogP contribution in [-0.4, -0.2) is 23.3 Å². The van der Waals surface area contributed by atoms with Crippen molar-refractivity contribution in [2.24, 2.45) is 0 Å². The van der Waals surface area contributed by atoms with Crippen LogP contribution in [-0.2, 0) is 0 Å². The van der Waals surface area contributed by atoms with Crippen molar-refractivity contribution in [3.05, 3.63) is 64.0 Å². The molecule has 0 N–H and O–H groups in total. The summed E-state index contributed by atoms with van der Waals surface area (Å²) in [6.45, 7) is 5.92. The minimum atomic E-state index is -0.518. The van der Waals surface area contributed by atoms with Gasteiger partial charge in [0.2, 0.25) is 5.89 Å². The smallest absolute Gasteiger partial charge is 0.349 e. The topological polar surface area (TPSA) is 72.4 Å². The summed E-state index contributed by atoms with van der Waals surface area (Å²) in [7, 11) is 0. The molecule has 0 aliphatic heterocycles. The van der Waals surface area contributed by atoms with Crippen LogP contribution in [0.1, 0.15) is 13.8 Å². The predicted octanol–water partition coefficient (Wildman–Crippen LogP) is 5.01. The molecule has 0 saturated carbocycles. The van der Waals surface area contributed by atoms with Gasteiger partial charge in [-0.1, -0.05) is 11.6 Å². The van der Waals surface area contributed by atoms with E-state index in [-0.39, 0.29) is 11.5 Å². The third-order valence-electron chi connectivity index (χ3n) is 4.59. The predicted molar refractivity (Wildman–Crippen MR) is 110 cm³/mol. The molecule has 0 saturated heterocycles. The summed E-state index contributed by atoms with van der Waals surface area (Å²) in [5, 5.41) is 9.44. The second-order valence-corrected chi connectivity index (χ2v) is 6.70. The number of benzene rings is 2. The van der Waals surface area contributed by atoms with Crippen molar-refractivity contribution in [1.82, 2.24) is 10.2 Å². The molecule has 0 bridgehead atoms. The number of fused-ring (bicyclic) bond motifs is 1. The van der Waals surface area contributed by atoms with Crippen LogP contribution in [0.2, 0.25) is 5.02 Å². The number of nitrogens with zero attached hydrogens (tertiary/aromatic N) is 3. The van der Waals surface area contributed by atoms with Gasteiger partial charge < -0.3 is 13.7 Å². The van der Waals surface area contributed by atoms with E-state index in [1.54, 1.807) is 30.3 Å². The monoisotopic (exact) mass is 395 g/mol. The maximum Gasteiger partial charge on any atom is 0.349 e. The molecule has 2 aromatic carbocycles. The van der Waals surface area contributed by atoms with Gasteiger partial charge >= 0.3 is 5.63 Å². The summed E-state index contributed by atoms with van der Waals surface area (Å²) in [5.74, 6) is 0.427. The Hall–Kier alpha value is -3.12. The van der Waals surface area contributed by atoms with E-state index in [4.69, 9.17) is 20.4 Å². The number of aromatic nitrogens is 2. The van der Waals surface area contributed by atoms with Gasteiger partial charge in [0.15, 0.2) is 0 Å². The first kappa shape index (κ1) is 18.3. The zero-order valence-electron chi connectivity index (χ0n) is 15.5. The lowest BCUT2D eigenvalue weighted by Crippen LogP contribution is -2.21. The van der Waals surface area contributed by atoms with E-state index < -0.39 is 5.63 Å². The van der Waals surface area contributed by atoms with Gasteiger partial charge in [-0.3, -0.25) is 0 Å². The molecule has 0 atom stereocenters. The molecule has 0 fully saturated rings. The minimum Gasteiger partial charge on any atom is -0.422 e. The summed E-state index contributed by atoms with van der Waals surface area (Å²) in [4.78, 5) is 14.7. The van der Waals surface area contributed by atoms with Crippen LogP contribution in [0.25, 0.3) is 33.9 Å². The van der Waals surface area contributed by atoms with Gasteiger partial charge in [-0.15, -0.1) is 10.2 Å². The van der Waals surface area contributed by atoms with Crippen LogP contribution in [0, 0.1) is 0 Å². The largest absolute Gasteiger partial charge is 0.422 e. The van der Waals surface area contributed by atoms with Gasteiger partial charge in [-0.25, -0.2) is 4.79 Å². The Morgan fingerprint density at radius 3 is 2.36 bits per heavy atom. The second kappa shape index (κ2) is 7.48. The van der Waals surface area contributed by atoms with Crippen LogP contribution in [0.4, 0.5) is 5.69 Å². The van der Waals surface area contributed by atoms with E-state index >= 15 is 0 Å². The minimum absolute atomic E-state index is 0.119. The highest BCUT2D eigenvalue weighted by molar-refractivity contribution is 6.30. The molecule has 0 aliphatic carbocycles. The van der Waals surface area contributed by atoms with E-state index in [9.17, 15) is 4.79 Å². The van der Waals surface area contributed by atoms with Crippen molar-refractivity contribution in [2.75, 3.05) is 18.0 Å². The van der Waals surface area contributed by atoms with Crippen molar-refractivity contribution in [3.8, 4) is 22.9 Å². The number of rotatable bonds is 5. The first-order valence-corrected chi connectivity index (χ1v) is 9.39. The molecule has 4 aromatic rings. The standard InChI is InChI=1S/C21H18ClN3O3/c1-3-25(4-2)16-10-7-14-11-17(21(26)27-18(14)12-16)20-24-23-19(28-20)13-5-8-15(22)9-6-13/h5-12H,3-4H2,1-2H3. The number of anilines is 1. The average molecular weight is 396 g/mol. The zero-order chi connectivity index (χ0) is 19.7. The Morgan fingerprint density at radius 1 is 0.929 bits per heavy atom. The number of hydrogen-bond donors (Lipinski definition) is 0. The summed E-state index contributed by atoms with van der Waals surface area (Å²) < 4.78 is 11.2. The average Bonchev–Trinajstić information content (AvgIpc) is 3.19. The first-order valence-electron chi connectivity index (χ1n) is 9.01. The maximum absolute atomic E-state index is 12.5. The van der Waals surface area contributed by atoms with E-state index in [1.165, 1.54) is 0 Å². The molecule has 2 heterocycles. The van der Waals surface area contributed by atoms with Gasteiger partial charge in [0, 0.05) is 40.8 Å². The number of hydrogen-bond acceptors (Lipinski definition) is 6. The van der Waals surface area contributed by atoms with Crippen LogP contribution in [0.5, 0.6) is 0 Å². The molecule has 2 aromatic heterocycles. The molecular formula is C21H18ClN3O3. The van der Waals surface area contributed by atoms with Crippen molar-refractivity contribution >= 4 is 28.3 Å². The molecule has 0 aliphatic rings. The molecule has 4 rings (SSSR count). The summed E-state index contributed by atoms with van der Waals surface area (Å²) in [6, 6.07) is 14.5. The van der Waals surface area contributed by atoms with Crippen LogP contribution >= 0.6 is 11.6 Å². The second-order valence-electron chi connectivity index (χ2n) is 6.26. The first-order chi connectivity index (χ1) is 13.6. The molecule has 0 radical (unpaired) electrons. The fourth-order valence-corrected chi connectivity index (χ4v) is 3.20. The lowest BCUT2D eigenvalue weighted by atomic mass is 10.1. The zero-order valence-corrected chi connectivity index (χ0v) is 16.2. The SMILES string of the molecule is CCN(CC)c1ccc2cc(-c3nnc(-c4ccc(Cl)cc4)o3)c(=O)oc2c1. The molecular weight excluding hydrogens is 378 g/mol. The van der Waals surface area contributed by atoms with Crippen LogP contribution in [0.15, 0.2) is 62.2 Å². The third kappa shape index (κ3) is 3.39. The van der Waals surface area contributed by atoms with Crippen LogP contribution < -0.4 is 10.5 Å². The Balaban J connectivity index is 1.73. The lowest BCUT2D eigenvalue weighted by Gasteiger charge is -2.20. The van der Waals surface area contributed by atoms with Crippen molar-refractivity contribution < 1.29 is 8.83 Å². The van der Waals surface area contributed by atoms with Crippen LogP contribution in [0.3, 0.4) is 0 Å². The van der Waals surface area contributed by atoms with E-state index in [1.807, 2.05) is 18.2 Å². The van der Waals surface area contributed by atoms with Gasteiger partial charge in [0.25, 0.3) is 5.89 Å². The highest BCUT2D eigenvalue weighted by Gasteiger charge is 2.16. The van der Waals surface area contributed by atoms with Gasteiger partial charge in [-0.2, -0.15) is 0 Å². The van der Waals surface area contributed by atoms with Gasteiger partial charge in [0.1, 0.15) is 11.1 Å². The molecule has 7 heteroatoms. The van der Waals surface area contributed by atoms with E-state index in [2.05, 4.69) is 28.9 Å². The Bertz CT molecular complexity index is 1180. The third-order valence-corrected chi connectivity index (χ3v) is 4.85. The van der Waals surface area contributed by atoms with E-state index in [0.717, 1.165) is 29.7 Å². The Kier molecular flexibility index (Phi) is 4.88. The fraction of sp³-hybridized carbons (Fsp3) is 0.190. The molecule has 0 unspecified atom stereocenters.